The molecule has 0 atom stereocenters. The van der Waals surface area contributed by atoms with Crippen molar-refractivity contribution >= 4 is 10.0 Å². The second kappa shape index (κ2) is 6.58. The van der Waals surface area contributed by atoms with Crippen LogP contribution in [0.4, 0.5) is 4.39 Å². The van der Waals surface area contributed by atoms with Crippen LogP contribution in [0.15, 0.2) is 53.4 Å². The van der Waals surface area contributed by atoms with Gasteiger partial charge in [-0.15, -0.1) is 0 Å². The summed E-state index contributed by atoms with van der Waals surface area (Å²) in [5, 5.41) is 0. The van der Waals surface area contributed by atoms with Gasteiger partial charge in [0.25, 0.3) is 0 Å². The summed E-state index contributed by atoms with van der Waals surface area (Å²) in [6.45, 7) is 4.10. The molecule has 0 aliphatic carbocycles. The van der Waals surface area contributed by atoms with Gasteiger partial charge in [0.15, 0.2) is 0 Å². The SMILES string of the molecule is CC(C)c1ccc(S(=O)(=O)N(C)Cc2ccccc2F)cc1. The predicted molar refractivity (Wildman–Crippen MR) is 85.6 cm³/mol. The highest BCUT2D eigenvalue weighted by atomic mass is 32.2. The number of rotatable bonds is 5. The van der Waals surface area contributed by atoms with E-state index in [0.717, 1.165) is 9.87 Å². The maximum Gasteiger partial charge on any atom is 0.243 e. The predicted octanol–water partition coefficient (Wildman–Crippen LogP) is 3.77. The number of nitrogens with zero attached hydrogens (tertiary/aromatic N) is 1. The summed E-state index contributed by atoms with van der Waals surface area (Å²) >= 11 is 0. The summed E-state index contributed by atoms with van der Waals surface area (Å²) in [7, 11) is -2.17. The van der Waals surface area contributed by atoms with Crippen LogP contribution < -0.4 is 0 Å². The Morgan fingerprint density at radius 2 is 1.64 bits per heavy atom. The average Bonchev–Trinajstić information content (AvgIpc) is 2.49. The molecule has 0 radical (unpaired) electrons. The van der Waals surface area contributed by atoms with Gasteiger partial charge in [0, 0.05) is 19.2 Å². The molecule has 0 aliphatic rings. The standard InChI is InChI=1S/C17H20FNO2S/c1-13(2)14-8-10-16(11-9-14)22(20,21)19(3)12-15-6-4-5-7-17(15)18/h4-11,13H,12H2,1-3H3. The number of benzene rings is 2. The van der Waals surface area contributed by atoms with Crippen molar-refractivity contribution < 1.29 is 12.8 Å². The Morgan fingerprint density at radius 1 is 1.05 bits per heavy atom. The zero-order chi connectivity index (χ0) is 16.3. The van der Waals surface area contributed by atoms with Crippen molar-refractivity contribution in [2.24, 2.45) is 0 Å². The molecule has 0 saturated heterocycles. The van der Waals surface area contributed by atoms with Gasteiger partial charge in [-0.2, -0.15) is 4.31 Å². The van der Waals surface area contributed by atoms with Crippen molar-refractivity contribution in [1.29, 1.82) is 0 Å². The molecular weight excluding hydrogens is 301 g/mol. The molecule has 0 aromatic heterocycles. The summed E-state index contributed by atoms with van der Waals surface area (Å²) in [6, 6.07) is 13.0. The minimum absolute atomic E-state index is 0.000931. The lowest BCUT2D eigenvalue weighted by atomic mass is 10.0. The first-order valence-corrected chi connectivity index (χ1v) is 8.56. The molecule has 0 heterocycles. The second-order valence-corrected chi connectivity index (χ2v) is 7.62. The maximum absolute atomic E-state index is 13.7. The highest BCUT2D eigenvalue weighted by Gasteiger charge is 2.21. The van der Waals surface area contributed by atoms with Gasteiger partial charge in [0.1, 0.15) is 5.82 Å². The molecule has 0 fully saturated rings. The molecule has 2 aromatic carbocycles. The van der Waals surface area contributed by atoms with Gasteiger partial charge in [-0.3, -0.25) is 0 Å². The summed E-state index contributed by atoms with van der Waals surface area (Å²) in [4.78, 5) is 0.218. The van der Waals surface area contributed by atoms with Gasteiger partial charge >= 0.3 is 0 Å². The highest BCUT2D eigenvalue weighted by Crippen LogP contribution is 2.21. The molecule has 2 aromatic rings. The first-order valence-electron chi connectivity index (χ1n) is 7.12. The van der Waals surface area contributed by atoms with E-state index < -0.39 is 15.8 Å². The van der Waals surface area contributed by atoms with Crippen LogP contribution in [0, 0.1) is 5.82 Å². The number of hydrogen-bond donors (Lipinski definition) is 0. The number of halogens is 1. The maximum atomic E-state index is 13.7. The third-order valence-electron chi connectivity index (χ3n) is 3.61. The lowest BCUT2D eigenvalue weighted by Crippen LogP contribution is -2.26. The molecular formula is C17H20FNO2S. The quantitative estimate of drug-likeness (QED) is 0.840. The minimum Gasteiger partial charge on any atom is -0.207 e. The van der Waals surface area contributed by atoms with E-state index in [2.05, 4.69) is 0 Å². The van der Waals surface area contributed by atoms with Gasteiger partial charge in [-0.25, -0.2) is 12.8 Å². The van der Waals surface area contributed by atoms with Crippen LogP contribution in [0.2, 0.25) is 0 Å². The smallest absolute Gasteiger partial charge is 0.207 e. The van der Waals surface area contributed by atoms with E-state index >= 15 is 0 Å². The van der Waals surface area contributed by atoms with Gasteiger partial charge < -0.3 is 0 Å². The zero-order valence-electron chi connectivity index (χ0n) is 13.0. The molecule has 0 aliphatic heterocycles. The fourth-order valence-corrected chi connectivity index (χ4v) is 3.31. The Balaban J connectivity index is 2.24. The Labute approximate surface area is 131 Å². The van der Waals surface area contributed by atoms with Crippen LogP contribution in [0.5, 0.6) is 0 Å². The van der Waals surface area contributed by atoms with Crippen LogP contribution in [0.3, 0.4) is 0 Å². The average molecular weight is 321 g/mol. The zero-order valence-corrected chi connectivity index (χ0v) is 13.8. The largest absolute Gasteiger partial charge is 0.243 e. The summed E-state index contributed by atoms with van der Waals surface area (Å²) in [5.74, 6) is -0.0624. The molecule has 0 spiro atoms. The third kappa shape index (κ3) is 3.54. The summed E-state index contributed by atoms with van der Waals surface area (Å²) < 4.78 is 39.9. The lowest BCUT2D eigenvalue weighted by Gasteiger charge is -2.18. The van der Waals surface area contributed by atoms with Crippen LogP contribution >= 0.6 is 0 Å². The molecule has 5 heteroatoms. The van der Waals surface area contributed by atoms with E-state index in [1.165, 1.54) is 13.1 Å². The van der Waals surface area contributed by atoms with Gasteiger partial charge in [-0.1, -0.05) is 44.2 Å². The Morgan fingerprint density at radius 3 is 2.18 bits per heavy atom. The monoisotopic (exact) mass is 321 g/mol. The van der Waals surface area contributed by atoms with Crippen LogP contribution in [0.1, 0.15) is 30.9 Å². The van der Waals surface area contributed by atoms with E-state index in [0.29, 0.717) is 11.5 Å². The van der Waals surface area contributed by atoms with Crippen molar-refractivity contribution in [2.45, 2.75) is 31.2 Å². The topological polar surface area (TPSA) is 37.4 Å². The molecule has 0 amide bonds. The van der Waals surface area contributed by atoms with Gasteiger partial charge in [0.05, 0.1) is 4.90 Å². The lowest BCUT2D eigenvalue weighted by molar-refractivity contribution is 0.456. The molecule has 0 saturated carbocycles. The molecule has 118 valence electrons. The molecule has 0 bridgehead atoms. The fraction of sp³-hybridized carbons (Fsp3) is 0.294. The van der Waals surface area contributed by atoms with Crippen LogP contribution in [-0.4, -0.2) is 19.8 Å². The van der Waals surface area contributed by atoms with Crippen molar-refractivity contribution in [3.8, 4) is 0 Å². The first-order chi connectivity index (χ1) is 10.3. The minimum atomic E-state index is -3.63. The van der Waals surface area contributed by atoms with Crippen molar-refractivity contribution in [3.63, 3.8) is 0 Å². The molecule has 2 rings (SSSR count). The first kappa shape index (κ1) is 16.6. The third-order valence-corrected chi connectivity index (χ3v) is 5.42. The van der Waals surface area contributed by atoms with Crippen molar-refractivity contribution in [2.75, 3.05) is 7.05 Å². The van der Waals surface area contributed by atoms with Crippen LogP contribution in [-0.2, 0) is 16.6 Å². The number of sulfonamides is 1. The summed E-state index contributed by atoms with van der Waals surface area (Å²) in [6.07, 6.45) is 0. The van der Waals surface area contributed by atoms with Gasteiger partial charge in [-0.05, 0) is 29.7 Å². The summed E-state index contributed by atoms with van der Waals surface area (Å²) in [5.41, 5.74) is 1.43. The second-order valence-electron chi connectivity index (χ2n) is 5.58. The highest BCUT2D eigenvalue weighted by molar-refractivity contribution is 7.89. The van der Waals surface area contributed by atoms with E-state index in [4.69, 9.17) is 0 Å². The van der Waals surface area contributed by atoms with E-state index in [1.807, 2.05) is 26.0 Å². The molecule has 3 nitrogen and oxygen atoms in total. The van der Waals surface area contributed by atoms with Crippen molar-refractivity contribution in [3.05, 3.63) is 65.5 Å². The normalized spacial score (nSPS) is 12.1. The van der Waals surface area contributed by atoms with Crippen molar-refractivity contribution in [1.82, 2.24) is 4.31 Å². The van der Waals surface area contributed by atoms with E-state index in [-0.39, 0.29) is 11.4 Å². The Kier molecular flexibility index (Phi) is 4.98. The van der Waals surface area contributed by atoms with Crippen LogP contribution in [0.25, 0.3) is 0 Å². The fourth-order valence-electron chi connectivity index (χ4n) is 2.16. The Hall–Kier alpha value is -1.72. The van der Waals surface area contributed by atoms with Gasteiger partial charge in [0.2, 0.25) is 10.0 Å². The van der Waals surface area contributed by atoms with E-state index in [9.17, 15) is 12.8 Å². The molecule has 0 N–H and O–H groups in total. The molecule has 0 unspecified atom stereocenters. The Bertz CT molecular complexity index is 740. The van der Waals surface area contributed by atoms with E-state index in [1.54, 1.807) is 30.3 Å². The number of hydrogen-bond acceptors (Lipinski definition) is 2. The molecule has 22 heavy (non-hydrogen) atoms.